The monoisotopic (exact) mass is 200 g/mol. The Morgan fingerprint density at radius 3 is 0.667 bits per heavy atom. The standard InChI is InChI=1S/4ClH.Mg.H2S/h4*1H;;1H2/q;;;;+2;/p-2. The molecule has 0 unspecified atom stereocenters. The summed E-state index contributed by atoms with van der Waals surface area (Å²) in [5.74, 6) is 0. The van der Waals surface area contributed by atoms with Gasteiger partial charge in [-0.15, -0.1) is 24.8 Å². The number of rotatable bonds is 0. The van der Waals surface area contributed by atoms with Crippen molar-refractivity contribution in [3.8, 4) is 0 Å². The predicted octanol–water partition coefficient (Wildman–Crippen LogP) is -5.42. The van der Waals surface area contributed by atoms with Crippen LogP contribution in [0.3, 0.4) is 0 Å². The minimum Gasteiger partial charge on any atom is -1.00 e. The summed E-state index contributed by atoms with van der Waals surface area (Å²) >= 11 is 0. The van der Waals surface area contributed by atoms with Crippen molar-refractivity contribution in [3.05, 3.63) is 0 Å². The van der Waals surface area contributed by atoms with Crippen LogP contribution in [0.15, 0.2) is 0 Å². The Hall–Kier alpha value is 2.28. The molecular weight excluding hydrogens is 198 g/mol. The number of hydrogen-bond donors (Lipinski definition) is 0. The molecule has 0 fully saturated rings. The number of hydrogen-bond acceptors (Lipinski definition) is 0. The second kappa shape index (κ2) is 55.3. The molecule has 6 heavy (non-hydrogen) atoms. The van der Waals surface area contributed by atoms with Crippen LogP contribution in [0.1, 0.15) is 0 Å². The van der Waals surface area contributed by atoms with Gasteiger partial charge < -0.3 is 24.8 Å². The Morgan fingerprint density at radius 1 is 0.667 bits per heavy atom. The van der Waals surface area contributed by atoms with E-state index in [9.17, 15) is 0 Å². The molecule has 40 valence electrons. The maximum absolute atomic E-state index is 0. The molecule has 0 aromatic rings. The first kappa shape index (κ1) is 84.6. The van der Waals surface area contributed by atoms with E-state index >= 15 is 0 Å². The first-order valence-electron chi connectivity index (χ1n) is 0. The molecule has 0 saturated carbocycles. The van der Waals surface area contributed by atoms with Crippen LogP contribution in [0.4, 0.5) is 0 Å². The van der Waals surface area contributed by atoms with Crippen LogP contribution in [0, 0.1) is 0 Å². The summed E-state index contributed by atoms with van der Waals surface area (Å²) in [7, 11) is 0. The van der Waals surface area contributed by atoms with Gasteiger partial charge in [0.25, 0.3) is 0 Å². The molecule has 0 spiro atoms. The predicted molar refractivity (Wildman–Crippen MR) is 30.6 cm³/mol. The van der Waals surface area contributed by atoms with E-state index < -0.39 is 0 Å². The molecule has 0 atom stereocenters. The quantitative estimate of drug-likeness (QED) is 0.344. The zero-order chi connectivity index (χ0) is 0. The van der Waals surface area contributed by atoms with E-state index in [0.717, 1.165) is 0 Å². The Balaban J connectivity index is 0. The summed E-state index contributed by atoms with van der Waals surface area (Å²) in [5.41, 5.74) is 0. The molecule has 6 heteroatoms. The SMILES string of the molecule is Cl.Cl.S.[Cl-].[Cl-].[Mg+2]. The van der Waals surface area contributed by atoms with Crippen molar-refractivity contribution in [2.75, 3.05) is 0 Å². The van der Waals surface area contributed by atoms with Gasteiger partial charge in [-0.2, -0.15) is 13.5 Å². The Bertz CT molecular complexity index is 7.51. The summed E-state index contributed by atoms with van der Waals surface area (Å²) in [6.45, 7) is 0. The summed E-state index contributed by atoms with van der Waals surface area (Å²) < 4.78 is 0. The van der Waals surface area contributed by atoms with Crippen LogP contribution in [-0.4, -0.2) is 23.1 Å². The van der Waals surface area contributed by atoms with Gasteiger partial charge in [0.2, 0.25) is 0 Å². The van der Waals surface area contributed by atoms with E-state index in [2.05, 4.69) is 0 Å². The van der Waals surface area contributed by atoms with Crippen LogP contribution in [0.2, 0.25) is 0 Å². The van der Waals surface area contributed by atoms with Crippen molar-refractivity contribution < 1.29 is 24.8 Å². The molecule has 0 rings (SSSR count). The van der Waals surface area contributed by atoms with E-state index in [1.54, 1.807) is 0 Å². The third-order valence-corrected chi connectivity index (χ3v) is 0. The summed E-state index contributed by atoms with van der Waals surface area (Å²) in [5, 5.41) is 0. The zero-order valence-corrected chi connectivity index (χ0v) is 8.34. The summed E-state index contributed by atoms with van der Waals surface area (Å²) in [4.78, 5) is 0. The molecule has 0 aliphatic heterocycles. The van der Waals surface area contributed by atoms with E-state index in [1.807, 2.05) is 0 Å². The average molecular weight is 202 g/mol. The van der Waals surface area contributed by atoms with Crippen molar-refractivity contribution >= 4 is 61.4 Å². The van der Waals surface area contributed by atoms with Crippen molar-refractivity contribution in [2.45, 2.75) is 0 Å². The topological polar surface area (TPSA) is 0 Å². The van der Waals surface area contributed by atoms with Gasteiger partial charge in [0.15, 0.2) is 0 Å². The normalized spacial score (nSPS) is 0. The Morgan fingerprint density at radius 2 is 0.667 bits per heavy atom. The third kappa shape index (κ3) is 33.7. The molecule has 0 N–H and O–H groups in total. The Kier molecular flexibility index (Phi) is 780. The molecule has 0 nitrogen and oxygen atoms in total. The van der Waals surface area contributed by atoms with Gasteiger partial charge in [0, 0.05) is 0 Å². The summed E-state index contributed by atoms with van der Waals surface area (Å²) in [6, 6.07) is 0. The molecule has 0 aromatic carbocycles. The molecule has 0 aliphatic carbocycles. The molecule has 0 aromatic heterocycles. The minimum absolute atomic E-state index is 0. The van der Waals surface area contributed by atoms with Gasteiger partial charge in [-0.3, -0.25) is 0 Å². The number of halogens is 4. The zero-order valence-electron chi connectivity index (χ0n) is 2.78. The van der Waals surface area contributed by atoms with Crippen LogP contribution in [-0.2, 0) is 0 Å². The van der Waals surface area contributed by atoms with E-state index in [4.69, 9.17) is 0 Å². The van der Waals surface area contributed by atoms with Crippen molar-refractivity contribution in [1.29, 1.82) is 0 Å². The van der Waals surface area contributed by atoms with Gasteiger partial charge in [-0.1, -0.05) is 0 Å². The smallest absolute Gasteiger partial charge is 1.00 e. The van der Waals surface area contributed by atoms with E-state index in [0.29, 0.717) is 0 Å². The van der Waals surface area contributed by atoms with E-state index in [1.165, 1.54) is 0 Å². The summed E-state index contributed by atoms with van der Waals surface area (Å²) in [6.07, 6.45) is 0. The molecule has 0 amide bonds. The minimum atomic E-state index is 0. The van der Waals surface area contributed by atoms with Crippen LogP contribution in [0.25, 0.3) is 0 Å². The van der Waals surface area contributed by atoms with Gasteiger partial charge in [0.1, 0.15) is 0 Å². The average Bonchev–Trinajstić information content (AvgIpc) is 0. The third-order valence-electron chi connectivity index (χ3n) is 0. The van der Waals surface area contributed by atoms with Crippen LogP contribution >= 0.6 is 38.3 Å². The first-order valence-corrected chi connectivity index (χ1v) is 0. The van der Waals surface area contributed by atoms with Crippen molar-refractivity contribution in [3.63, 3.8) is 0 Å². The molecular formula is H4Cl4MgS. The first-order chi connectivity index (χ1) is 0. The van der Waals surface area contributed by atoms with Crippen molar-refractivity contribution in [1.82, 2.24) is 0 Å². The fourth-order valence-electron chi connectivity index (χ4n) is 0. The Labute approximate surface area is 85.4 Å². The van der Waals surface area contributed by atoms with Gasteiger partial charge >= 0.3 is 23.1 Å². The van der Waals surface area contributed by atoms with Crippen molar-refractivity contribution in [2.24, 2.45) is 0 Å². The molecule has 0 bridgehead atoms. The van der Waals surface area contributed by atoms with Crippen LogP contribution in [0.5, 0.6) is 0 Å². The van der Waals surface area contributed by atoms with E-state index in [-0.39, 0.29) is 86.2 Å². The molecule has 0 saturated heterocycles. The fraction of sp³-hybridized carbons (Fsp3) is 0. The molecule has 0 heterocycles. The molecule has 0 radical (unpaired) electrons. The second-order valence-electron chi connectivity index (χ2n) is 0. The molecule has 0 aliphatic rings. The van der Waals surface area contributed by atoms with Crippen LogP contribution < -0.4 is 24.8 Å². The fourth-order valence-corrected chi connectivity index (χ4v) is 0. The maximum atomic E-state index is 0. The van der Waals surface area contributed by atoms with Gasteiger partial charge in [-0.25, -0.2) is 0 Å². The maximum Gasteiger partial charge on any atom is 2.00 e. The van der Waals surface area contributed by atoms with Gasteiger partial charge in [0.05, 0.1) is 0 Å². The van der Waals surface area contributed by atoms with Gasteiger partial charge in [-0.05, 0) is 0 Å². The largest absolute Gasteiger partial charge is 2.00 e. The second-order valence-corrected chi connectivity index (χ2v) is 0.